The summed E-state index contributed by atoms with van der Waals surface area (Å²) in [6, 6.07) is 5.28. The second kappa shape index (κ2) is 4.25. The molecule has 1 rings (SSSR count). The van der Waals surface area contributed by atoms with E-state index in [-0.39, 0.29) is 0 Å². The lowest BCUT2D eigenvalue weighted by Gasteiger charge is -2.04. The van der Waals surface area contributed by atoms with Gasteiger partial charge in [0.2, 0.25) is 0 Å². The van der Waals surface area contributed by atoms with Crippen LogP contribution in [0.3, 0.4) is 0 Å². The standard InChI is InChI=1S/C7H7BrClNOS/c1-12(11)10-7-4-5(9)2-3-6(7)8/h2-4,10H,1H3. The van der Waals surface area contributed by atoms with Gasteiger partial charge >= 0.3 is 0 Å². The number of anilines is 1. The maximum Gasteiger partial charge on any atom is 0.113 e. The minimum Gasteiger partial charge on any atom is -0.304 e. The molecule has 0 radical (unpaired) electrons. The zero-order valence-electron chi connectivity index (χ0n) is 6.30. The first-order chi connectivity index (χ1) is 5.59. The van der Waals surface area contributed by atoms with Crippen LogP contribution in [0, 0.1) is 0 Å². The molecule has 0 aliphatic carbocycles. The van der Waals surface area contributed by atoms with Crippen molar-refractivity contribution in [2.45, 2.75) is 0 Å². The number of hydrogen-bond acceptors (Lipinski definition) is 1. The van der Waals surface area contributed by atoms with E-state index in [9.17, 15) is 4.21 Å². The Labute approximate surface area is 87.0 Å². The normalized spacial score (nSPS) is 12.6. The van der Waals surface area contributed by atoms with Crippen molar-refractivity contribution >= 4 is 44.2 Å². The van der Waals surface area contributed by atoms with Crippen molar-refractivity contribution in [3.63, 3.8) is 0 Å². The summed E-state index contributed by atoms with van der Waals surface area (Å²) in [4.78, 5) is 0. The van der Waals surface area contributed by atoms with Crippen LogP contribution in [-0.2, 0) is 11.0 Å². The highest BCUT2D eigenvalue weighted by atomic mass is 79.9. The van der Waals surface area contributed by atoms with E-state index in [0.29, 0.717) is 5.02 Å². The van der Waals surface area contributed by atoms with Crippen LogP contribution >= 0.6 is 27.5 Å². The second-order valence-corrected chi connectivity index (χ2v) is 4.58. The summed E-state index contributed by atoms with van der Waals surface area (Å²) in [6.45, 7) is 0. The molecule has 1 aromatic carbocycles. The van der Waals surface area contributed by atoms with Gasteiger partial charge in [-0.05, 0) is 34.1 Å². The highest BCUT2D eigenvalue weighted by molar-refractivity contribution is 9.10. The quantitative estimate of drug-likeness (QED) is 0.878. The third kappa shape index (κ3) is 2.77. The molecule has 0 fully saturated rings. The van der Waals surface area contributed by atoms with E-state index in [1.807, 2.05) is 0 Å². The maximum absolute atomic E-state index is 10.8. The summed E-state index contributed by atoms with van der Waals surface area (Å²) >= 11 is 9.04. The first-order valence-electron chi connectivity index (χ1n) is 3.15. The molecule has 0 amide bonds. The Morgan fingerprint density at radius 3 is 2.83 bits per heavy atom. The minimum absolute atomic E-state index is 0.617. The van der Waals surface area contributed by atoms with Crippen LogP contribution in [0.2, 0.25) is 5.02 Å². The molecule has 2 nitrogen and oxygen atoms in total. The largest absolute Gasteiger partial charge is 0.304 e. The highest BCUT2D eigenvalue weighted by Crippen LogP contribution is 2.25. The Balaban J connectivity index is 2.97. The van der Waals surface area contributed by atoms with E-state index in [2.05, 4.69) is 20.7 Å². The molecule has 0 aliphatic rings. The van der Waals surface area contributed by atoms with Gasteiger partial charge in [-0.25, -0.2) is 4.21 Å². The van der Waals surface area contributed by atoms with Gasteiger partial charge in [-0.15, -0.1) is 0 Å². The van der Waals surface area contributed by atoms with Crippen LogP contribution < -0.4 is 4.72 Å². The number of rotatable bonds is 2. The molecule has 0 aromatic heterocycles. The van der Waals surface area contributed by atoms with Gasteiger partial charge in [-0.3, -0.25) is 0 Å². The predicted octanol–water partition coefficient (Wildman–Crippen LogP) is 2.81. The molecule has 0 spiro atoms. The summed E-state index contributed by atoms with van der Waals surface area (Å²) in [7, 11) is -1.07. The van der Waals surface area contributed by atoms with Gasteiger partial charge in [-0.2, -0.15) is 0 Å². The Morgan fingerprint density at radius 2 is 2.25 bits per heavy atom. The summed E-state index contributed by atoms with van der Waals surface area (Å²) in [5.41, 5.74) is 0.739. The highest BCUT2D eigenvalue weighted by Gasteiger charge is 2.00. The average Bonchev–Trinajstić information content (AvgIpc) is 1.96. The lowest BCUT2D eigenvalue weighted by Crippen LogP contribution is -2.01. The van der Waals surface area contributed by atoms with Gasteiger partial charge in [0, 0.05) is 15.8 Å². The molecular weight excluding hydrogens is 262 g/mol. The number of hydrogen-bond donors (Lipinski definition) is 1. The summed E-state index contributed by atoms with van der Waals surface area (Å²) in [5.74, 6) is 0. The molecule has 5 heteroatoms. The molecule has 12 heavy (non-hydrogen) atoms. The van der Waals surface area contributed by atoms with E-state index >= 15 is 0 Å². The molecule has 0 saturated heterocycles. The van der Waals surface area contributed by atoms with Gasteiger partial charge in [0.25, 0.3) is 0 Å². The van der Waals surface area contributed by atoms with Crippen LogP contribution in [0.25, 0.3) is 0 Å². The fraction of sp³-hybridized carbons (Fsp3) is 0.143. The van der Waals surface area contributed by atoms with Crippen LogP contribution in [0.4, 0.5) is 5.69 Å². The van der Waals surface area contributed by atoms with Gasteiger partial charge in [-0.1, -0.05) is 11.6 Å². The van der Waals surface area contributed by atoms with Crippen molar-refractivity contribution in [3.05, 3.63) is 27.7 Å². The van der Waals surface area contributed by atoms with Crippen molar-refractivity contribution in [1.29, 1.82) is 0 Å². The maximum atomic E-state index is 10.8. The molecule has 0 heterocycles. The van der Waals surface area contributed by atoms with Crippen LogP contribution in [-0.4, -0.2) is 10.5 Å². The third-order valence-corrected chi connectivity index (χ3v) is 2.62. The van der Waals surface area contributed by atoms with Gasteiger partial charge < -0.3 is 4.72 Å². The summed E-state index contributed by atoms with van der Waals surface area (Å²) < 4.78 is 14.4. The van der Waals surface area contributed by atoms with Crippen molar-refractivity contribution in [2.24, 2.45) is 0 Å². The molecule has 66 valence electrons. The second-order valence-electron chi connectivity index (χ2n) is 2.18. The zero-order chi connectivity index (χ0) is 9.14. The first kappa shape index (κ1) is 10.0. The lowest BCUT2D eigenvalue weighted by atomic mass is 10.3. The van der Waals surface area contributed by atoms with Gasteiger partial charge in [0.1, 0.15) is 11.0 Å². The smallest absolute Gasteiger partial charge is 0.113 e. The van der Waals surface area contributed by atoms with E-state index < -0.39 is 11.0 Å². The van der Waals surface area contributed by atoms with Crippen LogP contribution in [0.5, 0.6) is 0 Å². The predicted molar refractivity (Wildman–Crippen MR) is 56.8 cm³/mol. The monoisotopic (exact) mass is 267 g/mol. The molecule has 0 bridgehead atoms. The average molecular weight is 269 g/mol. The van der Waals surface area contributed by atoms with E-state index in [0.717, 1.165) is 10.2 Å². The van der Waals surface area contributed by atoms with E-state index in [1.165, 1.54) is 0 Å². The molecule has 1 atom stereocenters. The Kier molecular flexibility index (Phi) is 3.55. The fourth-order valence-corrected chi connectivity index (χ4v) is 1.86. The topological polar surface area (TPSA) is 29.1 Å². The Hall–Kier alpha value is -0.0600. The molecule has 1 unspecified atom stereocenters. The number of benzene rings is 1. The molecule has 1 aromatic rings. The molecule has 0 saturated carbocycles. The Morgan fingerprint density at radius 1 is 1.58 bits per heavy atom. The van der Waals surface area contributed by atoms with E-state index in [4.69, 9.17) is 11.6 Å². The summed E-state index contributed by atoms with van der Waals surface area (Å²) in [5, 5.41) is 0.617. The van der Waals surface area contributed by atoms with Crippen LogP contribution in [0.1, 0.15) is 0 Å². The number of halogens is 2. The van der Waals surface area contributed by atoms with Crippen molar-refractivity contribution < 1.29 is 4.21 Å². The van der Waals surface area contributed by atoms with Crippen molar-refractivity contribution in [3.8, 4) is 0 Å². The SMILES string of the molecule is CS(=O)Nc1cc(Cl)ccc1Br. The molecule has 1 N–H and O–H groups in total. The fourth-order valence-electron chi connectivity index (χ4n) is 0.731. The number of nitrogens with one attached hydrogen (secondary N) is 1. The van der Waals surface area contributed by atoms with Crippen molar-refractivity contribution in [1.82, 2.24) is 0 Å². The van der Waals surface area contributed by atoms with Crippen molar-refractivity contribution in [2.75, 3.05) is 11.0 Å². The third-order valence-electron chi connectivity index (χ3n) is 1.18. The minimum atomic E-state index is -1.07. The molecule has 0 aliphatic heterocycles. The van der Waals surface area contributed by atoms with Crippen LogP contribution in [0.15, 0.2) is 22.7 Å². The van der Waals surface area contributed by atoms with Gasteiger partial charge in [0.05, 0.1) is 5.69 Å². The van der Waals surface area contributed by atoms with Gasteiger partial charge in [0.15, 0.2) is 0 Å². The Bertz CT molecular complexity index is 318. The van der Waals surface area contributed by atoms with E-state index in [1.54, 1.807) is 24.5 Å². The lowest BCUT2D eigenvalue weighted by molar-refractivity contribution is 0.690. The zero-order valence-corrected chi connectivity index (χ0v) is 9.46. The first-order valence-corrected chi connectivity index (χ1v) is 5.87. The summed E-state index contributed by atoms with van der Waals surface area (Å²) in [6.07, 6.45) is 1.56. The molecular formula is C7H7BrClNOS.